The molecule has 2 fully saturated rings. The van der Waals surface area contributed by atoms with Crippen molar-refractivity contribution in [3.05, 3.63) is 34.9 Å². The van der Waals surface area contributed by atoms with Gasteiger partial charge in [-0.05, 0) is 31.5 Å². The van der Waals surface area contributed by atoms with E-state index in [1.807, 2.05) is 23.1 Å². The van der Waals surface area contributed by atoms with Crippen LogP contribution in [0.4, 0.5) is 0 Å². The van der Waals surface area contributed by atoms with Crippen LogP contribution in [0, 0.1) is 5.41 Å². The fourth-order valence-electron chi connectivity index (χ4n) is 3.06. The fraction of sp³-hybridized carbons (Fsp3) is 0.500. The minimum absolute atomic E-state index is 0. The Morgan fingerprint density at radius 2 is 2.11 bits per heavy atom. The second-order valence-corrected chi connectivity index (χ2v) is 5.79. The summed E-state index contributed by atoms with van der Waals surface area (Å²) in [5.74, 6) is 0.0735. The molecule has 1 N–H and O–H groups in total. The summed E-state index contributed by atoms with van der Waals surface area (Å²) >= 11 is 6.09. The molecule has 104 valence electrons. The quantitative estimate of drug-likeness (QED) is 0.865. The predicted molar refractivity (Wildman–Crippen MR) is 79.1 cm³/mol. The van der Waals surface area contributed by atoms with Crippen molar-refractivity contribution in [1.82, 2.24) is 10.2 Å². The molecule has 0 bridgehead atoms. The third kappa shape index (κ3) is 2.73. The molecule has 3 rings (SSSR count). The molecule has 19 heavy (non-hydrogen) atoms. The van der Waals surface area contributed by atoms with Crippen molar-refractivity contribution in [3.8, 4) is 0 Å². The normalized spacial score (nSPS) is 25.6. The molecule has 1 atom stereocenters. The third-order valence-corrected chi connectivity index (χ3v) is 4.49. The standard InChI is InChI=1S/C14H17ClN2O.ClH/c15-12-4-2-1-3-11(12)13(18)17-8-6-14(10-17)5-7-16-9-14;/h1-4,16H,5-10H2;1H. The smallest absolute Gasteiger partial charge is 0.255 e. The average molecular weight is 301 g/mol. The molecule has 0 saturated carbocycles. The maximum atomic E-state index is 12.4. The van der Waals surface area contributed by atoms with Crippen LogP contribution in [0.2, 0.25) is 5.02 Å². The molecule has 5 heteroatoms. The molecular formula is C14H18Cl2N2O. The summed E-state index contributed by atoms with van der Waals surface area (Å²) in [5.41, 5.74) is 0.943. The van der Waals surface area contributed by atoms with Gasteiger partial charge >= 0.3 is 0 Å². The highest BCUT2D eigenvalue weighted by molar-refractivity contribution is 6.33. The van der Waals surface area contributed by atoms with Gasteiger partial charge in [-0.25, -0.2) is 0 Å². The van der Waals surface area contributed by atoms with Gasteiger partial charge in [-0.2, -0.15) is 0 Å². The summed E-state index contributed by atoms with van der Waals surface area (Å²) in [6, 6.07) is 7.30. The van der Waals surface area contributed by atoms with Crippen LogP contribution in [0.1, 0.15) is 23.2 Å². The number of carbonyl (C=O) groups is 1. The van der Waals surface area contributed by atoms with E-state index in [0.717, 1.165) is 32.6 Å². The number of nitrogens with zero attached hydrogens (tertiary/aromatic N) is 1. The lowest BCUT2D eigenvalue weighted by atomic mass is 9.86. The first-order valence-electron chi connectivity index (χ1n) is 6.45. The SMILES string of the molecule is Cl.O=C(c1ccccc1Cl)N1CCC2(CCNC2)C1. The van der Waals surface area contributed by atoms with Crippen LogP contribution >= 0.6 is 24.0 Å². The lowest BCUT2D eigenvalue weighted by Crippen LogP contribution is -2.33. The summed E-state index contributed by atoms with van der Waals surface area (Å²) in [6.07, 6.45) is 2.29. The summed E-state index contributed by atoms with van der Waals surface area (Å²) in [7, 11) is 0. The summed E-state index contributed by atoms with van der Waals surface area (Å²) in [6.45, 7) is 3.84. The molecule has 1 unspecified atom stereocenters. The first kappa shape index (κ1) is 14.6. The van der Waals surface area contributed by atoms with Gasteiger partial charge in [0.1, 0.15) is 0 Å². The number of likely N-dealkylation sites (tertiary alicyclic amines) is 1. The Balaban J connectivity index is 0.00000133. The molecule has 0 aliphatic carbocycles. The van der Waals surface area contributed by atoms with E-state index in [-0.39, 0.29) is 18.3 Å². The van der Waals surface area contributed by atoms with Crippen molar-refractivity contribution in [1.29, 1.82) is 0 Å². The average Bonchev–Trinajstić information content (AvgIpc) is 3.00. The van der Waals surface area contributed by atoms with E-state index >= 15 is 0 Å². The predicted octanol–water partition coefficient (Wildman–Crippen LogP) is 2.59. The number of carbonyl (C=O) groups excluding carboxylic acids is 1. The Morgan fingerprint density at radius 3 is 2.79 bits per heavy atom. The summed E-state index contributed by atoms with van der Waals surface area (Å²) < 4.78 is 0. The van der Waals surface area contributed by atoms with E-state index in [2.05, 4.69) is 5.32 Å². The van der Waals surface area contributed by atoms with Crippen molar-refractivity contribution in [3.63, 3.8) is 0 Å². The molecule has 1 amide bonds. The number of rotatable bonds is 1. The Bertz CT molecular complexity index is 472. The topological polar surface area (TPSA) is 32.3 Å². The van der Waals surface area contributed by atoms with E-state index in [4.69, 9.17) is 11.6 Å². The maximum absolute atomic E-state index is 12.4. The van der Waals surface area contributed by atoms with Gasteiger partial charge in [-0.3, -0.25) is 4.79 Å². The lowest BCUT2D eigenvalue weighted by Gasteiger charge is -2.23. The highest BCUT2D eigenvalue weighted by Crippen LogP contribution is 2.36. The van der Waals surface area contributed by atoms with Crippen molar-refractivity contribution in [2.24, 2.45) is 5.41 Å². The molecular weight excluding hydrogens is 283 g/mol. The first-order chi connectivity index (χ1) is 8.70. The van der Waals surface area contributed by atoms with Gasteiger partial charge in [0, 0.05) is 25.0 Å². The maximum Gasteiger partial charge on any atom is 0.255 e. The zero-order chi connectivity index (χ0) is 12.6. The second kappa shape index (κ2) is 5.70. The van der Waals surface area contributed by atoms with E-state index in [0.29, 0.717) is 16.0 Å². The molecule has 0 aromatic heterocycles. The largest absolute Gasteiger partial charge is 0.338 e. The molecule has 0 radical (unpaired) electrons. The number of hydrogen-bond acceptors (Lipinski definition) is 2. The molecule has 1 spiro atoms. The minimum Gasteiger partial charge on any atom is -0.338 e. The van der Waals surface area contributed by atoms with Gasteiger partial charge in [0.05, 0.1) is 10.6 Å². The second-order valence-electron chi connectivity index (χ2n) is 5.38. The van der Waals surface area contributed by atoms with Gasteiger partial charge in [0.2, 0.25) is 0 Å². The number of benzene rings is 1. The summed E-state index contributed by atoms with van der Waals surface area (Å²) in [5, 5.41) is 3.95. The van der Waals surface area contributed by atoms with Crippen molar-refractivity contribution in [2.75, 3.05) is 26.2 Å². The van der Waals surface area contributed by atoms with Gasteiger partial charge < -0.3 is 10.2 Å². The number of amides is 1. The van der Waals surface area contributed by atoms with Crippen LogP contribution in [0.25, 0.3) is 0 Å². The number of nitrogens with one attached hydrogen (secondary N) is 1. The van der Waals surface area contributed by atoms with E-state index in [1.54, 1.807) is 6.07 Å². The minimum atomic E-state index is 0. The Morgan fingerprint density at radius 1 is 1.32 bits per heavy atom. The van der Waals surface area contributed by atoms with Crippen LogP contribution in [0.3, 0.4) is 0 Å². The highest BCUT2D eigenvalue weighted by atomic mass is 35.5. The Kier molecular flexibility index (Phi) is 4.39. The molecule has 2 heterocycles. The molecule has 2 aliphatic rings. The van der Waals surface area contributed by atoms with Crippen LogP contribution in [-0.4, -0.2) is 37.0 Å². The van der Waals surface area contributed by atoms with Crippen molar-refractivity contribution < 1.29 is 4.79 Å². The van der Waals surface area contributed by atoms with E-state index in [9.17, 15) is 4.79 Å². The number of hydrogen-bond donors (Lipinski definition) is 1. The van der Waals surface area contributed by atoms with Crippen LogP contribution in [0.15, 0.2) is 24.3 Å². The van der Waals surface area contributed by atoms with Crippen LogP contribution < -0.4 is 5.32 Å². The molecule has 1 aromatic carbocycles. The monoisotopic (exact) mass is 300 g/mol. The lowest BCUT2D eigenvalue weighted by molar-refractivity contribution is 0.0776. The van der Waals surface area contributed by atoms with Crippen molar-refractivity contribution >= 4 is 29.9 Å². The van der Waals surface area contributed by atoms with Crippen LogP contribution in [0.5, 0.6) is 0 Å². The summed E-state index contributed by atoms with van der Waals surface area (Å²) in [4.78, 5) is 14.4. The van der Waals surface area contributed by atoms with Gasteiger partial charge in [0.15, 0.2) is 0 Å². The molecule has 2 saturated heterocycles. The van der Waals surface area contributed by atoms with Gasteiger partial charge in [-0.1, -0.05) is 23.7 Å². The van der Waals surface area contributed by atoms with E-state index in [1.165, 1.54) is 6.42 Å². The molecule has 2 aliphatic heterocycles. The molecule has 1 aromatic rings. The Hall–Kier alpha value is -0.770. The molecule has 3 nitrogen and oxygen atoms in total. The third-order valence-electron chi connectivity index (χ3n) is 4.16. The Labute approximate surface area is 124 Å². The van der Waals surface area contributed by atoms with Gasteiger partial charge in [-0.15, -0.1) is 12.4 Å². The van der Waals surface area contributed by atoms with Crippen LogP contribution in [-0.2, 0) is 0 Å². The zero-order valence-electron chi connectivity index (χ0n) is 10.7. The van der Waals surface area contributed by atoms with E-state index < -0.39 is 0 Å². The zero-order valence-corrected chi connectivity index (χ0v) is 12.3. The fourth-order valence-corrected chi connectivity index (χ4v) is 3.27. The first-order valence-corrected chi connectivity index (χ1v) is 6.83. The van der Waals surface area contributed by atoms with Crippen molar-refractivity contribution in [2.45, 2.75) is 12.8 Å². The number of halogens is 2. The highest BCUT2D eigenvalue weighted by Gasteiger charge is 2.42. The van der Waals surface area contributed by atoms with Gasteiger partial charge in [0.25, 0.3) is 5.91 Å².